The molecule has 1 unspecified atom stereocenters. The Labute approximate surface area is 107 Å². The maximum absolute atomic E-state index is 13.6. The largest absolute Gasteiger partial charge is 0.321 e. The van der Waals surface area contributed by atoms with E-state index in [4.69, 9.17) is 5.73 Å². The molecule has 5 heteroatoms. The Balaban J connectivity index is 2.88. The number of ketones is 1. The van der Waals surface area contributed by atoms with Crippen LogP contribution in [-0.4, -0.2) is 11.8 Å². The second kappa shape index (κ2) is 6.21. The standard InChI is InChI=1S/C12H14BrF2NO/c1-2-3-10(16)11(17)6-7-9(14)5-4-8(13)12(7)15/h4-5,10H,2-3,6,16H2,1H3. The van der Waals surface area contributed by atoms with Crippen LogP contribution in [0.25, 0.3) is 0 Å². The first-order chi connectivity index (χ1) is 7.97. The fourth-order valence-corrected chi connectivity index (χ4v) is 1.88. The van der Waals surface area contributed by atoms with Gasteiger partial charge in [0.2, 0.25) is 0 Å². The summed E-state index contributed by atoms with van der Waals surface area (Å²) >= 11 is 2.95. The van der Waals surface area contributed by atoms with Gasteiger partial charge in [-0.15, -0.1) is 0 Å². The third kappa shape index (κ3) is 3.57. The molecule has 2 N–H and O–H groups in total. The van der Waals surface area contributed by atoms with Crippen LogP contribution in [0.5, 0.6) is 0 Å². The second-order valence-electron chi connectivity index (χ2n) is 3.86. The molecule has 0 spiro atoms. The van der Waals surface area contributed by atoms with Gasteiger partial charge >= 0.3 is 0 Å². The van der Waals surface area contributed by atoms with Crippen LogP contribution in [0.3, 0.4) is 0 Å². The Hall–Kier alpha value is -0.810. The highest BCUT2D eigenvalue weighted by Crippen LogP contribution is 2.22. The molecule has 17 heavy (non-hydrogen) atoms. The molecule has 0 saturated heterocycles. The summed E-state index contributed by atoms with van der Waals surface area (Å²) < 4.78 is 27.1. The zero-order chi connectivity index (χ0) is 13.0. The van der Waals surface area contributed by atoms with E-state index < -0.39 is 17.7 Å². The fraction of sp³-hybridized carbons (Fsp3) is 0.417. The summed E-state index contributed by atoms with van der Waals surface area (Å²) in [7, 11) is 0. The molecular weight excluding hydrogens is 292 g/mol. The number of benzene rings is 1. The molecule has 1 atom stereocenters. The van der Waals surface area contributed by atoms with E-state index >= 15 is 0 Å². The molecule has 0 heterocycles. The minimum atomic E-state index is -0.734. The molecule has 0 amide bonds. The van der Waals surface area contributed by atoms with E-state index in [1.165, 1.54) is 6.07 Å². The van der Waals surface area contributed by atoms with Gasteiger partial charge in [0.1, 0.15) is 11.6 Å². The quantitative estimate of drug-likeness (QED) is 0.850. The third-order valence-electron chi connectivity index (χ3n) is 2.50. The van der Waals surface area contributed by atoms with Gasteiger partial charge in [-0.05, 0) is 34.5 Å². The van der Waals surface area contributed by atoms with Crippen LogP contribution >= 0.6 is 15.9 Å². The molecule has 1 aromatic carbocycles. The van der Waals surface area contributed by atoms with Gasteiger partial charge in [0.15, 0.2) is 5.78 Å². The highest BCUT2D eigenvalue weighted by molar-refractivity contribution is 9.10. The van der Waals surface area contributed by atoms with Crippen LogP contribution in [0.2, 0.25) is 0 Å². The number of hydrogen-bond donors (Lipinski definition) is 1. The van der Waals surface area contributed by atoms with Gasteiger partial charge in [0, 0.05) is 12.0 Å². The summed E-state index contributed by atoms with van der Waals surface area (Å²) in [6, 6.07) is 1.74. The Bertz CT molecular complexity index is 423. The minimum Gasteiger partial charge on any atom is -0.321 e. The summed E-state index contributed by atoms with van der Waals surface area (Å²) in [5.41, 5.74) is 5.38. The number of Topliss-reactive ketones (excluding diaryl/α,β-unsaturated/α-hetero) is 1. The van der Waals surface area contributed by atoms with Gasteiger partial charge in [-0.3, -0.25) is 4.79 Å². The van der Waals surface area contributed by atoms with E-state index in [0.29, 0.717) is 6.42 Å². The molecule has 0 aromatic heterocycles. The first kappa shape index (κ1) is 14.3. The normalized spacial score (nSPS) is 12.5. The molecule has 0 aliphatic heterocycles. The van der Waals surface area contributed by atoms with Crippen molar-refractivity contribution in [3.63, 3.8) is 0 Å². The third-order valence-corrected chi connectivity index (χ3v) is 3.12. The maximum Gasteiger partial charge on any atom is 0.154 e. The van der Waals surface area contributed by atoms with Gasteiger partial charge in [0.05, 0.1) is 10.5 Å². The van der Waals surface area contributed by atoms with Gasteiger partial charge in [-0.1, -0.05) is 13.3 Å². The van der Waals surface area contributed by atoms with Gasteiger partial charge < -0.3 is 5.73 Å². The number of carbonyl (C=O) groups is 1. The smallest absolute Gasteiger partial charge is 0.154 e. The molecule has 1 aromatic rings. The van der Waals surface area contributed by atoms with Crippen molar-refractivity contribution in [2.24, 2.45) is 5.73 Å². The van der Waals surface area contributed by atoms with Gasteiger partial charge in [-0.2, -0.15) is 0 Å². The maximum atomic E-state index is 13.6. The van der Waals surface area contributed by atoms with Gasteiger partial charge in [0.25, 0.3) is 0 Å². The monoisotopic (exact) mass is 305 g/mol. The minimum absolute atomic E-state index is 0.144. The molecule has 0 aliphatic carbocycles. The van der Waals surface area contributed by atoms with E-state index in [-0.39, 0.29) is 22.2 Å². The second-order valence-corrected chi connectivity index (χ2v) is 4.71. The lowest BCUT2D eigenvalue weighted by Gasteiger charge is -2.10. The fourth-order valence-electron chi connectivity index (χ4n) is 1.51. The van der Waals surface area contributed by atoms with Crippen LogP contribution in [0.4, 0.5) is 8.78 Å². The first-order valence-corrected chi connectivity index (χ1v) is 6.17. The van der Waals surface area contributed by atoms with Crippen LogP contribution in [0.1, 0.15) is 25.3 Å². The molecule has 2 nitrogen and oxygen atoms in total. The van der Waals surface area contributed by atoms with E-state index in [0.717, 1.165) is 12.5 Å². The number of hydrogen-bond acceptors (Lipinski definition) is 2. The molecule has 0 radical (unpaired) electrons. The predicted octanol–water partition coefficient (Wildman–Crippen LogP) is 2.97. The summed E-state index contributed by atoms with van der Waals surface area (Å²) in [4.78, 5) is 11.6. The lowest BCUT2D eigenvalue weighted by molar-refractivity contribution is -0.119. The highest BCUT2D eigenvalue weighted by Gasteiger charge is 2.19. The number of carbonyl (C=O) groups excluding carboxylic acids is 1. The van der Waals surface area contributed by atoms with Crippen LogP contribution in [0.15, 0.2) is 16.6 Å². The molecule has 0 fully saturated rings. The molecule has 0 bridgehead atoms. The predicted molar refractivity (Wildman–Crippen MR) is 65.7 cm³/mol. The topological polar surface area (TPSA) is 43.1 Å². The van der Waals surface area contributed by atoms with Crippen molar-refractivity contribution in [2.75, 3.05) is 0 Å². The molecular formula is C12H14BrF2NO. The van der Waals surface area contributed by atoms with Crippen molar-refractivity contribution in [2.45, 2.75) is 32.2 Å². The van der Waals surface area contributed by atoms with E-state index in [9.17, 15) is 13.6 Å². The Kier molecular flexibility index (Phi) is 5.21. The molecule has 0 aliphatic rings. The Morgan fingerprint density at radius 3 is 2.71 bits per heavy atom. The lowest BCUT2D eigenvalue weighted by atomic mass is 10.0. The van der Waals surface area contributed by atoms with Crippen molar-refractivity contribution in [1.29, 1.82) is 0 Å². The summed E-state index contributed by atoms with van der Waals surface area (Å²) in [6.45, 7) is 1.90. The molecule has 1 rings (SSSR count). The van der Waals surface area contributed by atoms with Gasteiger partial charge in [-0.25, -0.2) is 8.78 Å². The van der Waals surface area contributed by atoms with Crippen molar-refractivity contribution >= 4 is 21.7 Å². The van der Waals surface area contributed by atoms with Crippen molar-refractivity contribution in [3.05, 3.63) is 33.8 Å². The van der Waals surface area contributed by atoms with E-state index in [1.807, 2.05) is 6.92 Å². The van der Waals surface area contributed by atoms with Crippen LogP contribution in [0, 0.1) is 11.6 Å². The van der Waals surface area contributed by atoms with E-state index in [1.54, 1.807) is 0 Å². The van der Waals surface area contributed by atoms with Crippen molar-refractivity contribution in [1.82, 2.24) is 0 Å². The molecule has 0 saturated carbocycles. The SMILES string of the molecule is CCCC(N)C(=O)Cc1c(F)ccc(Br)c1F. The molecule has 94 valence electrons. The lowest BCUT2D eigenvalue weighted by Crippen LogP contribution is -2.32. The Morgan fingerprint density at radius 1 is 1.47 bits per heavy atom. The average Bonchev–Trinajstić information content (AvgIpc) is 2.29. The zero-order valence-electron chi connectivity index (χ0n) is 9.47. The zero-order valence-corrected chi connectivity index (χ0v) is 11.1. The Morgan fingerprint density at radius 2 is 2.12 bits per heavy atom. The summed E-state index contributed by atoms with van der Waals surface area (Å²) in [6.07, 6.45) is 0.977. The number of halogens is 3. The van der Waals surface area contributed by atoms with E-state index in [2.05, 4.69) is 15.9 Å². The first-order valence-electron chi connectivity index (χ1n) is 5.38. The summed E-state index contributed by atoms with van der Waals surface area (Å²) in [5.74, 6) is -1.80. The van der Waals surface area contributed by atoms with Crippen LogP contribution < -0.4 is 5.73 Å². The van der Waals surface area contributed by atoms with Crippen molar-refractivity contribution in [3.8, 4) is 0 Å². The number of rotatable bonds is 5. The highest BCUT2D eigenvalue weighted by atomic mass is 79.9. The van der Waals surface area contributed by atoms with Crippen molar-refractivity contribution < 1.29 is 13.6 Å². The van der Waals surface area contributed by atoms with Crippen LogP contribution in [-0.2, 0) is 11.2 Å². The summed E-state index contributed by atoms with van der Waals surface area (Å²) in [5, 5.41) is 0. The number of nitrogens with two attached hydrogens (primary N) is 1. The average molecular weight is 306 g/mol.